The SMILES string of the molecule is CCSC1CCCC1NCc1ccccc1N1CCCC1. The van der Waals surface area contributed by atoms with E-state index in [2.05, 4.69) is 53.2 Å². The minimum absolute atomic E-state index is 0.710. The molecule has 2 nitrogen and oxygen atoms in total. The fraction of sp³-hybridized carbons (Fsp3) is 0.667. The minimum atomic E-state index is 0.710. The molecule has 1 aliphatic carbocycles. The monoisotopic (exact) mass is 304 g/mol. The first kappa shape index (κ1) is 15.2. The van der Waals surface area contributed by atoms with Crippen molar-refractivity contribution in [1.82, 2.24) is 5.32 Å². The van der Waals surface area contributed by atoms with Crippen LogP contribution >= 0.6 is 11.8 Å². The van der Waals surface area contributed by atoms with Gasteiger partial charge in [0.25, 0.3) is 0 Å². The summed E-state index contributed by atoms with van der Waals surface area (Å²) in [5.74, 6) is 1.24. The lowest BCUT2D eigenvalue weighted by molar-refractivity contribution is 0.532. The predicted octanol–water partition coefficient (Wildman–Crippen LogP) is 4.05. The van der Waals surface area contributed by atoms with Crippen LogP contribution in [-0.2, 0) is 6.54 Å². The maximum absolute atomic E-state index is 3.85. The highest BCUT2D eigenvalue weighted by atomic mass is 32.2. The second-order valence-corrected chi connectivity index (χ2v) is 7.75. The molecule has 0 radical (unpaired) electrons. The largest absolute Gasteiger partial charge is 0.371 e. The molecular weight excluding hydrogens is 276 g/mol. The van der Waals surface area contributed by atoms with Crippen molar-refractivity contribution in [2.24, 2.45) is 0 Å². The number of nitrogens with one attached hydrogen (secondary N) is 1. The second kappa shape index (κ2) is 7.55. The zero-order valence-corrected chi connectivity index (χ0v) is 14.0. The summed E-state index contributed by atoms with van der Waals surface area (Å²) in [5, 5.41) is 4.68. The van der Waals surface area contributed by atoms with E-state index in [0.717, 1.165) is 11.8 Å². The number of para-hydroxylation sites is 1. The third-order valence-electron chi connectivity index (χ3n) is 4.83. The number of benzene rings is 1. The first-order valence-electron chi connectivity index (χ1n) is 8.56. The average Bonchev–Trinajstić information content (AvgIpc) is 3.17. The van der Waals surface area contributed by atoms with Gasteiger partial charge in [-0.25, -0.2) is 0 Å². The Bertz CT molecular complexity index is 443. The Kier molecular flexibility index (Phi) is 5.48. The van der Waals surface area contributed by atoms with Gasteiger partial charge in [-0.05, 0) is 43.1 Å². The van der Waals surface area contributed by atoms with Crippen molar-refractivity contribution in [2.75, 3.05) is 23.7 Å². The van der Waals surface area contributed by atoms with Gasteiger partial charge < -0.3 is 10.2 Å². The van der Waals surface area contributed by atoms with Gasteiger partial charge in [0, 0.05) is 36.6 Å². The van der Waals surface area contributed by atoms with Crippen molar-refractivity contribution in [2.45, 2.75) is 56.9 Å². The molecule has 2 unspecified atom stereocenters. The van der Waals surface area contributed by atoms with Crippen LogP contribution in [0.1, 0.15) is 44.6 Å². The van der Waals surface area contributed by atoms with Crippen LogP contribution in [0.15, 0.2) is 24.3 Å². The molecule has 0 bridgehead atoms. The van der Waals surface area contributed by atoms with Crippen LogP contribution in [0.25, 0.3) is 0 Å². The fourth-order valence-corrected chi connectivity index (χ4v) is 4.97. The maximum Gasteiger partial charge on any atom is 0.0411 e. The van der Waals surface area contributed by atoms with Crippen LogP contribution in [0.3, 0.4) is 0 Å². The molecule has 3 rings (SSSR count). The van der Waals surface area contributed by atoms with Crippen LogP contribution in [0, 0.1) is 0 Å². The van der Waals surface area contributed by atoms with Gasteiger partial charge >= 0.3 is 0 Å². The lowest BCUT2D eigenvalue weighted by atomic mass is 10.1. The summed E-state index contributed by atoms with van der Waals surface area (Å²) >= 11 is 2.14. The molecule has 2 fully saturated rings. The van der Waals surface area contributed by atoms with Gasteiger partial charge in [0.2, 0.25) is 0 Å². The third kappa shape index (κ3) is 3.75. The first-order chi connectivity index (χ1) is 10.4. The van der Waals surface area contributed by atoms with Crippen LogP contribution in [0.2, 0.25) is 0 Å². The molecule has 1 aromatic carbocycles. The molecule has 1 aromatic rings. The molecule has 0 aromatic heterocycles. The minimum Gasteiger partial charge on any atom is -0.371 e. The zero-order valence-electron chi connectivity index (χ0n) is 13.2. The molecule has 21 heavy (non-hydrogen) atoms. The zero-order chi connectivity index (χ0) is 14.5. The summed E-state index contributed by atoms with van der Waals surface area (Å²) in [6, 6.07) is 9.68. The van der Waals surface area contributed by atoms with E-state index < -0.39 is 0 Å². The molecule has 1 heterocycles. The molecule has 1 N–H and O–H groups in total. The van der Waals surface area contributed by atoms with Crippen molar-refractivity contribution < 1.29 is 0 Å². The summed E-state index contributed by atoms with van der Waals surface area (Å²) in [6.07, 6.45) is 6.83. The molecule has 1 saturated carbocycles. The number of anilines is 1. The van der Waals surface area contributed by atoms with Crippen LogP contribution < -0.4 is 10.2 Å². The molecule has 0 amide bonds. The molecule has 3 heteroatoms. The number of thioether (sulfide) groups is 1. The summed E-state index contributed by atoms with van der Waals surface area (Å²) < 4.78 is 0. The summed E-state index contributed by atoms with van der Waals surface area (Å²) in [7, 11) is 0. The molecule has 0 spiro atoms. The van der Waals surface area contributed by atoms with Crippen LogP contribution in [0.5, 0.6) is 0 Å². The van der Waals surface area contributed by atoms with Crippen molar-refractivity contribution >= 4 is 17.4 Å². The third-order valence-corrected chi connectivity index (χ3v) is 6.15. The number of hydrogen-bond donors (Lipinski definition) is 1. The molecule has 2 atom stereocenters. The molecule has 116 valence electrons. The van der Waals surface area contributed by atoms with Crippen molar-refractivity contribution in [3.63, 3.8) is 0 Å². The van der Waals surface area contributed by atoms with E-state index in [-0.39, 0.29) is 0 Å². The smallest absolute Gasteiger partial charge is 0.0411 e. The van der Waals surface area contributed by atoms with E-state index in [1.165, 1.54) is 62.2 Å². The van der Waals surface area contributed by atoms with Crippen molar-refractivity contribution in [3.8, 4) is 0 Å². The van der Waals surface area contributed by atoms with Gasteiger partial charge in [-0.3, -0.25) is 0 Å². The lowest BCUT2D eigenvalue weighted by Crippen LogP contribution is -2.34. The van der Waals surface area contributed by atoms with E-state index in [0.29, 0.717) is 6.04 Å². The molecular formula is C18H28N2S. The summed E-state index contributed by atoms with van der Waals surface area (Å²) in [4.78, 5) is 2.56. The van der Waals surface area contributed by atoms with Gasteiger partial charge in [0.1, 0.15) is 0 Å². The Hall–Kier alpha value is -0.670. The summed E-state index contributed by atoms with van der Waals surface area (Å²) in [6.45, 7) is 5.77. The van der Waals surface area contributed by atoms with Crippen molar-refractivity contribution in [3.05, 3.63) is 29.8 Å². The van der Waals surface area contributed by atoms with Crippen LogP contribution in [0.4, 0.5) is 5.69 Å². The number of nitrogens with zero attached hydrogens (tertiary/aromatic N) is 1. The Morgan fingerprint density at radius 2 is 1.95 bits per heavy atom. The van der Waals surface area contributed by atoms with Gasteiger partial charge in [-0.1, -0.05) is 31.5 Å². The van der Waals surface area contributed by atoms with Gasteiger partial charge in [0.15, 0.2) is 0 Å². The normalized spacial score (nSPS) is 25.7. The van der Waals surface area contributed by atoms with Gasteiger partial charge in [0.05, 0.1) is 0 Å². The van der Waals surface area contributed by atoms with Crippen molar-refractivity contribution in [1.29, 1.82) is 0 Å². The lowest BCUT2D eigenvalue weighted by Gasteiger charge is -2.24. The Labute approximate surface area is 133 Å². The standard InChI is InChI=1S/C18H28N2S/c1-2-21-18-11-7-9-16(18)19-14-15-8-3-4-10-17(15)20-12-5-6-13-20/h3-4,8,10,16,18-19H,2,5-7,9,11-14H2,1H3. The van der Waals surface area contributed by atoms with E-state index in [9.17, 15) is 0 Å². The Morgan fingerprint density at radius 1 is 1.14 bits per heavy atom. The highest BCUT2D eigenvalue weighted by Crippen LogP contribution is 2.31. The second-order valence-electron chi connectivity index (χ2n) is 6.23. The Morgan fingerprint density at radius 3 is 2.76 bits per heavy atom. The van der Waals surface area contributed by atoms with Gasteiger partial charge in [-0.2, -0.15) is 11.8 Å². The molecule has 1 aliphatic heterocycles. The van der Waals surface area contributed by atoms with E-state index in [1.807, 2.05) is 0 Å². The average molecular weight is 305 g/mol. The van der Waals surface area contributed by atoms with E-state index in [4.69, 9.17) is 0 Å². The predicted molar refractivity (Wildman–Crippen MR) is 94.3 cm³/mol. The Balaban J connectivity index is 1.62. The van der Waals surface area contributed by atoms with Gasteiger partial charge in [-0.15, -0.1) is 0 Å². The topological polar surface area (TPSA) is 15.3 Å². The molecule has 2 aliphatic rings. The highest BCUT2D eigenvalue weighted by molar-refractivity contribution is 7.99. The number of rotatable bonds is 6. The summed E-state index contributed by atoms with van der Waals surface area (Å²) in [5.41, 5.74) is 2.94. The van der Waals surface area contributed by atoms with E-state index >= 15 is 0 Å². The first-order valence-corrected chi connectivity index (χ1v) is 9.61. The maximum atomic E-state index is 3.85. The highest BCUT2D eigenvalue weighted by Gasteiger charge is 2.26. The van der Waals surface area contributed by atoms with E-state index in [1.54, 1.807) is 0 Å². The van der Waals surface area contributed by atoms with Crippen LogP contribution in [-0.4, -0.2) is 30.1 Å². The fourth-order valence-electron chi connectivity index (χ4n) is 3.74. The molecule has 1 saturated heterocycles. The number of hydrogen-bond acceptors (Lipinski definition) is 3. The quantitative estimate of drug-likeness (QED) is 0.853.